The van der Waals surface area contributed by atoms with Crippen LogP contribution in [0.4, 0.5) is 0 Å². The van der Waals surface area contributed by atoms with E-state index in [1.165, 1.54) is 23.1 Å². The predicted octanol–water partition coefficient (Wildman–Crippen LogP) is 5.44. The zero-order valence-electron chi connectivity index (χ0n) is 15.4. The van der Waals surface area contributed by atoms with Gasteiger partial charge in [-0.1, -0.05) is 46.7 Å². The second-order valence-corrected chi connectivity index (χ2v) is 8.61. The van der Waals surface area contributed by atoms with E-state index in [9.17, 15) is 4.79 Å². The molecule has 30 heavy (non-hydrogen) atoms. The van der Waals surface area contributed by atoms with Crippen molar-refractivity contribution < 1.29 is 4.52 Å². The molecule has 0 saturated heterocycles. The molecule has 5 aromatic rings. The van der Waals surface area contributed by atoms with Gasteiger partial charge in [-0.15, -0.1) is 11.3 Å². The third-order valence-corrected chi connectivity index (χ3v) is 6.43. The van der Waals surface area contributed by atoms with E-state index < -0.39 is 0 Å². The van der Waals surface area contributed by atoms with E-state index in [2.05, 4.69) is 10.1 Å². The first-order chi connectivity index (χ1) is 14.7. The van der Waals surface area contributed by atoms with Crippen molar-refractivity contribution in [1.82, 2.24) is 19.7 Å². The second-order valence-electron chi connectivity index (χ2n) is 6.31. The van der Waals surface area contributed by atoms with E-state index in [0.717, 1.165) is 11.3 Å². The van der Waals surface area contributed by atoms with Crippen molar-refractivity contribution in [3.8, 4) is 17.1 Å². The van der Waals surface area contributed by atoms with Crippen LogP contribution in [-0.2, 0) is 5.75 Å². The summed E-state index contributed by atoms with van der Waals surface area (Å²) >= 11 is 8.70. The molecule has 0 N–H and O–H groups in total. The van der Waals surface area contributed by atoms with Crippen LogP contribution in [0.5, 0.6) is 0 Å². The second kappa shape index (κ2) is 8.06. The molecule has 0 aliphatic carbocycles. The highest BCUT2D eigenvalue weighted by Gasteiger charge is 2.16. The highest BCUT2D eigenvalue weighted by molar-refractivity contribution is 7.98. The highest BCUT2D eigenvalue weighted by Crippen LogP contribution is 2.27. The summed E-state index contributed by atoms with van der Waals surface area (Å²) in [7, 11) is 0. The van der Waals surface area contributed by atoms with Crippen LogP contribution in [0.2, 0.25) is 5.02 Å². The molecular weight excluding hydrogens is 440 g/mol. The van der Waals surface area contributed by atoms with Gasteiger partial charge in [0.2, 0.25) is 11.7 Å². The van der Waals surface area contributed by atoms with Gasteiger partial charge < -0.3 is 4.52 Å². The van der Waals surface area contributed by atoms with Gasteiger partial charge in [-0.25, -0.2) is 4.98 Å². The summed E-state index contributed by atoms with van der Waals surface area (Å²) in [6, 6.07) is 18.6. The number of thiophene rings is 1. The molecule has 5 rings (SSSR count). The van der Waals surface area contributed by atoms with Crippen LogP contribution in [0, 0.1) is 0 Å². The summed E-state index contributed by atoms with van der Waals surface area (Å²) in [5.74, 6) is 1.32. The van der Waals surface area contributed by atoms with E-state index >= 15 is 0 Å². The molecule has 2 aromatic carbocycles. The van der Waals surface area contributed by atoms with E-state index in [1.807, 2.05) is 53.9 Å². The number of hydrogen-bond donors (Lipinski definition) is 0. The zero-order valence-corrected chi connectivity index (χ0v) is 17.7. The lowest BCUT2D eigenvalue weighted by Crippen LogP contribution is -2.20. The van der Waals surface area contributed by atoms with Crippen molar-refractivity contribution in [3.63, 3.8) is 0 Å². The molecule has 0 aliphatic rings. The molecule has 0 unspecified atom stereocenters. The minimum Gasteiger partial charge on any atom is -0.338 e. The number of nitrogens with zero attached hydrogens (tertiary/aromatic N) is 4. The van der Waals surface area contributed by atoms with E-state index in [4.69, 9.17) is 21.1 Å². The van der Waals surface area contributed by atoms with Crippen LogP contribution in [0.25, 0.3) is 27.3 Å². The van der Waals surface area contributed by atoms with Crippen molar-refractivity contribution in [2.45, 2.75) is 10.9 Å². The van der Waals surface area contributed by atoms with E-state index in [1.54, 1.807) is 16.7 Å². The number of halogens is 1. The Labute approximate surface area is 184 Å². The van der Waals surface area contributed by atoms with Crippen molar-refractivity contribution in [2.24, 2.45) is 0 Å². The van der Waals surface area contributed by atoms with Gasteiger partial charge in [0.1, 0.15) is 4.70 Å². The normalized spacial score (nSPS) is 11.2. The Morgan fingerprint density at radius 2 is 1.83 bits per heavy atom. The van der Waals surface area contributed by atoms with Gasteiger partial charge in [-0.3, -0.25) is 9.36 Å². The fraction of sp³-hybridized carbons (Fsp3) is 0.0476. The summed E-state index contributed by atoms with van der Waals surface area (Å²) in [6.45, 7) is 0. The quantitative estimate of drug-likeness (QED) is 0.261. The van der Waals surface area contributed by atoms with Crippen LogP contribution in [0.15, 0.2) is 80.5 Å². The molecule has 9 heteroatoms. The summed E-state index contributed by atoms with van der Waals surface area (Å²) in [5, 5.41) is 7.13. The van der Waals surface area contributed by atoms with Gasteiger partial charge in [-0.05, 0) is 47.8 Å². The van der Waals surface area contributed by atoms with Gasteiger partial charge in [0.25, 0.3) is 5.56 Å². The van der Waals surface area contributed by atoms with Crippen molar-refractivity contribution in [3.05, 3.63) is 87.3 Å². The molecule has 6 nitrogen and oxygen atoms in total. The number of rotatable bonds is 5. The van der Waals surface area contributed by atoms with Crippen molar-refractivity contribution >= 4 is 44.9 Å². The molecule has 148 valence electrons. The third kappa shape index (κ3) is 3.65. The first-order valence-electron chi connectivity index (χ1n) is 8.96. The Morgan fingerprint density at radius 3 is 2.63 bits per heavy atom. The maximum atomic E-state index is 13.1. The number of para-hydroxylation sites is 1. The average molecular weight is 453 g/mol. The van der Waals surface area contributed by atoms with Crippen molar-refractivity contribution in [2.75, 3.05) is 0 Å². The molecule has 0 bridgehead atoms. The minimum atomic E-state index is -0.0870. The van der Waals surface area contributed by atoms with Gasteiger partial charge >= 0.3 is 0 Å². The Hall–Kier alpha value is -2.94. The van der Waals surface area contributed by atoms with Gasteiger partial charge in [-0.2, -0.15) is 4.98 Å². The Morgan fingerprint density at radius 1 is 1.03 bits per heavy atom. The third-order valence-electron chi connectivity index (χ3n) is 4.36. The van der Waals surface area contributed by atoms with Gasteiger partial charge in [0.05, 0.1) is 17.0 Å². The monoisotopic (exact) mass is 452 g/mol. The first kappa shape index (κ1) is 19.0. The smallest absolute Gasteiger partial charge is 0.276 e. The molecule has 0 fully saturated rings. The fourth-order valence-electron chi connectivity index (χ4n) is 2.95. The lowest BCUT2D eigenvalue weighted by Gasteiger charge is -2.11. The molecule has 0 spiro atoms. The van der Waals surface area contributed by atoms with Crippen LogP contribution in [0.3, 0.4) is 0 Å². The molecule has 3 heterocycles. The molecule has 0 amide bonds. The van der Waals surface area contributed by atoms with E-state index in [0.29, 0.717) is 37.9 Å². The molecular formula is C21H13ClN4O2S2. The Kier molecular flexibility index (Phi) is 5.12. The Bertz CT molecular complexity index is 1380. The largest absolute Gasteiger partial charge is 0.338 e. The summed E-state index contributed by atoms with van der Waals surface area (Å²) in [5.41, 5.74) is 2.18. The summed E-state index contributed by atoms with van der Waals surface area (Å²) in [4.78, 5) is 22.2. The molecule has 0 radical (unpaired) electrons. The maximum absolute atomic E-state index is 13.1. The molecule has 0 aliphatic heterocycles. The SMILES string of the molecule is O=c1c2sccc2nc(SCc2nc(-c3ccc(Cl)cc3)no2)n1-c1ccccc1. The highest BCUT2D eigenvalue weighted by atomic mass is 35.5. The topological polar surface area (TPSA) is 73.8 Å². The Balaban J connectivity index is 1.47. The molecule has 3 aromatic heterocycles. The predicted molar refractivity (Wildman–Crippen MR) is 120 cm³/mol. The minimum absolute atomic E-state index is 0.0870. The van der Waals surface area contributed by atoms with Gasteiger partial charge in [0.15, 0.2) is 5.16 Å². The van der Waals surface area contributed by atoms with Crippen LogP contribution >= 0.6 is 34.7 Å². The standard InChI is InChI=1S/C21H13ClN4O2S2/c22-14-8-6-13(7-9-14)19-24-17(28-25-19)12-30-21-23-16-10-11-29-18(16)20(27)26(21)15-4-2-1-3-5-15/h1-11H,12H2. The fourth-order valence-corrected chi connectivity index (χ4v) is 4.69. The van der Waals surface area contributed by atoms with E-state index in [-0.39, 0.29) is 5.56 Å². The van der Waals surface area contributed by atoms with Crippen molar-refractivity contribution in [1.29, 1.82) is 0 Å². The van der Waals surface area contributed by atoms with Crippen LogP contribution in [-0.4, -0.2) is 19.7 Å². The lowest BCUT2D eigenvalue weighted by atomic mass is 10.2. The number of fused-ring (bicyclic) bond motifs is 1. The number of benzene rings is 2. The average Bonchev–Trinajstić information content (AvgIpc) is 3.43. The lowest BCUT2D eigenvalue weighted by molar-refractivity contribution is 0.391. The van der Waals surface area contributed by atoms with Gasteiger partial charge in [0, 0.05) is 10.6 Å². The molecule has 0 atom stereocenters. The zero-order chi connectivity index (χ0) is 20.5. The molecule has 0 saturated carbocycles. The number of thioether (sulfide) groups is 1. The summed E-state index contributed by atoms with van der Waals surface area (Å²) in [6.07, 6.45) is 0. The number of hydrogen-bond acceptors (Lipinski definition) is 7. The summed E-state index contributed by atoms with van der Waals surface area (Å²) < 4.78 is 7.65. The van der Waals surface area contributed by atoms with Crippen LogP contribution < -0.4 is 5.56 Å². The van der Waals surface area contributed by atoms with Crippen LogP contribution in [0.1, 0.15) is 5.89 Å². The number of aromatic nitrogens is 4. The first-order valence-corrected chi connectivity index (χ1v) is 11.2. The maximum Gasteiger partial charge on any atom is 0.276 e.